The second-order valence-corrected chi connectivity index (χ2v) is 10.3. The number of anilines is 2. The largest absolute Gasteiger partial charge is 0.348 e. The fraction of sp³-hybridized carbons (Fsp3) is 0.231. The van der Waals surface area contributed by atoms with Gasteiger partial charge in [0.15, 0.2) is 0 Å². The molecule has 3 aromatic carbocycles. The van der Waals surface area contributed by atoms with Crippen LogP contribution >= 0.6 is 0 Å². The van der Waals surface area contributed by atoms with Crippen LogP contribution in [-0.4, -0.2) is 20.2 Å². The van der Waals surface area contributed by atoms with Crippen LogP contribution in [0.1, 0.15) is 39.9 Å². The van der Waals surface area contributed by atoms with E-state index in [4.69, 9.17) is 0 Å². The predicted molar refractivity (Wildman–Crippen MR) is 132 cm³/mol. The lowest BCUT2D eigenvalue weighted by molar-refractivity contribution is -0.117. The van der Waals surface area contributed by atoms with E-state index in [1.165, 1.54) is 12.1 Å². The Balaban J connectivity index is 1.41. The van der Waals surface area contributed by atoms with Crippen LogP contribution in [-0.2, 0) is 21.4 Å². The Morgan fingerprint density at radius 1 is 0.882 bits per heavy atom. The van der Waals surface area contributed by atoms with Crippen molar-refractivity contribution in [2.24, 2.45) is 5.92 Å². The van der Waals surface area contributed by atoms with Crippen LogP contribution in [0, 0.1) is 19.8 Å². The predicted octanol–water partition coefficient (Wildman–Crippen LogP) is 4.38. The third-order valence-corrected chi connectivity index (χ3v) is 7.07. The van der Waals surface area contributed by atoms with Crippen molar-refractivity contribution in [3.8, 4) is 0 Å². The van der Waals surface area contributed by atoms with E-state index in [9.17, 15) is 18.0 Å². The molecule has 1 aliphatic rings. The van der Waals surface area contributed by atoms with E-state index in [-0.39, 0.29) is 29.2 Å². The number of carbonyl (C=O) groups excluding carboxylic acids is 2. The third kappa shape index (κ3) is 5.82. The molecule has 7 nitrogen and oxygen atoms in total. The topological polar surface area (TPSA) is 104 Å². The summed E-state index contributed by atoms with van der Waals surface area (Å²) in [7, 11) is -3.85. The van der Waals surface area contributed by atoms with Crippen molar-refractivity contribution in [2.45, 2.75) is 38.1 Å². The Morgan fingerprint density at radius 2 is 1.53 bits per heavy atom. The van der Waals surface area contributed by atoms with Gasteiger partial charge in [0, 0.05) is 29.4 Å². The van der Waals surface area contributed by atoms with Crippen LogP contribution in [0.5, 0.6) is 0 Å². The molecule has 1 saturated carbocycles. The second kappa shape index (κ2) is 9.69. The zero-order valence-corrected chi connectivity index (χ0v) is 19.9. The van der Waals surface area contributed by atoms with Gasteiger partial charge in [-0.05, 0) is 74.2 Å². The molecule has 176 valence electrons. The molecule has 1 aliphatic carbocycles. The molecule has 0 atom stereocenters. The molecule has 0 unspecified atom stereocenters. The van der Waals surface area contributed by atoms with E-state index < -0.39 is 10.0 Å². The zero-order valence-electron chi connectivity index (χ0n) is 19.1. The summed E-state index contributed by atoms with van der Waals surface area (Å²) < 4.78 is 28.2. The van der Waals surface area contributed by atoms with E-state index >= 15 is 0 Å². The van der Waals surface area contributed by atoms with E-state index in [0.717, 1.165) is 29.7 Å². The molecular weight excluding hydrogens is 450 g/mol. The van der Waals surface area contributed by atoms with Gasteiger partial charge in [0.2, 0.25) is 5.91 Å². The highest BCUT2D eigenvalue weighted by Crippen LogP contribution is 2.30. The monoisotopic (exact) mass is 477 g/mol. The van der Waals surface area contributed by atoms with E-state index in [1.54, 1.807) is 37.3 Å². The number of sulfonamides is 1. The number of hydrogen-bond acceptors (Lipinski definition) is 4. The van der Waals surface area contributed by atoms with Gasteiger partial charge in [0.25, 0.3) is 15.9 Å². The van der Waals surface area contributed by atoms with E-state index in [2.05, 4.69) is 15.4 Å². The molecule has 0 aromatic heterocycles. The summed E-state index contributed by atoms with van der Waals surface area (Å²) in [5.74, 6) is -0.187. The highest BCUT2D eigenvalue weighted by molar-refractivity contribution is 7.92. The van der Waals surface area contributed by atoms with Crippen LogP contribution in [0.25, 0.3) is 0 Å². The van der Waals surface area contributed by atoms with Crippen molar-refractivity contribution in [1.29, 1.82) is 0 Å². The lowest BCUT2D eigenvalue weighted by Crippen LogP contribution is -2.24. The SMILES string of the molecule is Cc1ccc(NS(=O)(=O)c2ccc(C)c(C(=O)NCc3ccc(NC(=O)C4CC4)cc3)c2)cc1. The number of nitrogens with one attached hydrogen (secondary N) is 3. The van der Waals surface area contributed by atoms with Crippen LogP contribution in [0.3, 0.4) is 0 Å². The summed E-state index contributed by atoms with van der Waals surface area (Å²) in [5, 5.41) is 5.72. The molecule has 4 rings (SSSR count). The van der Waals surface area contributed by atoms with Crippen molar-refractivity contribution in [3.05, 3.63) is 89.0 Å². The summed E-state index contributed by atoms with van der Waals surface area (Å²) in [6.07, 6.45) is 1.89. The molecule has 3 aromatic rings. The van der Waals surface area contributed by atoms with Crippen molar-refractivity contribution in [1.82, 2.24) is 5.32 Å². The van der Waals surface area contributed by atoms with Crippen molar-refractivity contribution in [2.75, 3.05) is 10.0 Å². The first-order chi connectivity index (χ1) is 16.2. The summed E-state index contributed by atoms with van der Waals surface area (Å²) in [6, 6.07) is 18.8. The second-order valence-electron chi connectivity index (χ2n) is 8.59. The van der Waals surface area contributed by atoms with Crippen LogP contribution < -0.4 is 15.4 Å². The maximum atomic E-state index is 12.8. The Hall–Kier alpha value is -3.65. The van der Waals surface area contributed by atoms with E-state index in [0.29, 0.717) is 16.8 Å². The Bertz CT molecular complexity index is 1310. The van der Waals surface area contributed by atoms with Gasteiger partial charge < -0.3 is 10.6 Å². The van der Waals surface area contributed by atoms with Gasteiger partial charge in [-0.2, -0.15) is 0 Å². The molecule has 0 heterocycles. The number of rotatable bonds is 8. The average Bonchev–Trinajstić information content (AvgIpc) is 3.66. The molecule has 0 aliphatic heterocycles. The maximum Gasteiger partial charge on any atom is 0.261 e. The van der Waals surface area contributed by atoms with Crippen LogP contribution in [0.15, 0.2) is 71.6 Å². The molecule has 34 heavy (non-hydrogen) atoms. The van der Waals surface area contributed by atoms with Crippen LogP contribution in [0.2, 0.25) is 0 Å². The molecule has 1 fully saturated rings. The number of amides is 2. The highest BCUT2D eigenvalue weighted by atomic mass is 32.2. The highest BCUT2D eigenvalue weighted by Gasteiger charge is 2.29. The molecule has 2 amide bonds. The number of aryl methyl sites for hydroxylation is 2. The first kappa shape index (κ1) is 23.5. The first-order valence-corrected chi connectivity index (χ1v) is 12.6. The molecule has 0 bridgehead atoms. The molecule has 3 N–H and O–H groups in total. The smallest absolute Gasteiger partial charge is 0.261 e. The van der Waals surface area contributed by atoms with Crippen LogP contribution in [0.4, 0.5) is 11.4 Å². The number of hydrogen-bond donors (Lipinski definition) is 3. The molecule has 0 radical (unpaired) electrons. The Kier molecular flexibility index (Phi) is 6.70. The standard InChI is InChI=1S/C26H27N3O4S/c1-17-3-10-22(11-4-17)29-34(32,33)23-14-5-18(2)24(15-23)26(31)27-16-19-6-12-21(13-7-19)28-25(30)20-8-9-20/h3-7,10-15,20,29H,8-9,16H2,1-2H3,(H,27,31)(H,28,30). The quantitative estimate of drug-likeness (QED) is 0.448. The fourth-order valence-electron chi connectivity index (χ4n) is 3.42. The fourth-order valence-corrected chi connectivity index (χ4v) is 4.51. The minimum atomic E-state index is -3.85. The van der Waals surface area contributed by atoms with Gasteiger partial charge in [-0.25, -0.2) is 8.42 Å². The van der Waals surface area contributed by atoms with Crippen molar-refractivity contribution < 1.29 is 18.0 Å². The van der Waals surface area contributed by atoms with Gasteiger partial charge in [-0.1, -0.05) is 35.9 Å². The molecule has 8 heteroatoms. The third-order valence-electron chi connectivity index (χ3n) is 5.69. The molecule has 0 saturated heterocycles. The zero-order chi connectivity index (χ0) is 24.3. The Morgan fingerprint density at radius 3 is 2.18 bits per heavy atom. The van der Waals surface area contributed by atoms with E-state index in [1.807, 2.05) is 31.2 Å². The van der Waals surface area contributed by atoms with Crippen molar-refractivity contribution in [3.63, 3.8) is 0 Å². The van der Waals surface area contributed by atoms with Crippen molar-refractivity contribution >= 4 is 33.2 Å². The normalized spacial score (nSPS) is 13.2. The van der Waals surface area contributed by atoms with Gasteiger partial charge >= 0.3 is 0 Å². The summed E-state index contributed by atoms with van der Waals surface area (Å²) in [4.78, 5) is 24.7. The summed E-state index contributed by atoms with van der Waals surface area (Å²) in [6.45, 7) is 3.95. The van der Waals surface area contributed by atoms with Gasteiger partial charge in [0.05, 0.1) is 4.90 Å². The van der Waals surface area contributed by atoms with Gasteiger partial charge in [0.1, 0.15) is 0 Å². The minimum absolute atomic E-state index is 0.0135. The summed E-state index contributed by atoms with van der Waals surface area (Å²) in [5.41, 5.74) is 4.02. The van der Waals surface area contributed by atoms with Gasteiger partial charge in [-0.3, -0.25) is 14.3 Å². The average molecular weight is 478 g/mol. The first-order valence-electron chi connectivity index (χ1n) is 11.1. The minimum Gasteiger partial charge on any atom is -0.348 e. The lowest BCUT2D eigenvalue weighted by Gasteiger charge is -2.12. The molecule has 0 spiro atoms. The molecular formula is C26H27N3O4S. The number of carbonyl (C=O) groups is 2. The summed E-state index contributed by atoms with van der Waals surface area (Å²) >= 11 is 0. The maximum absolute atomic E-state index is 12.8. The number of benzene rings is 3. The van der Waals surface area contributed by atoms with Gasteiger partial charge in [-0.15, -0.1) is 0 Å². The lowest BCUT2D eigenvalue weighted by atomic mass is 10.1. The Labute approximate surface area is 199 Å².